The van der Waals surface area contributed by atoms with E-state index in [4.69, 9.17) is 5.11 Å². The van der Waals surface area contributed by atoms with Crippen LogP contribution in [0.25, 0.3) is 12.2 Å². The van der Waals surface area contributed by atoms with Gasteiger partial charge in [-0.25, -0.2) is 0 Å². The first-order valence-corrected chi connectivity index (χ1v) is 5.70. The van der Waals surface area contributed by atoms with Gasteiger partial charge in [0.2, 0.25) is 0 Å². The van der Waals surface area contributed by atoms with E-state index in [2.05, 4.69) is 5.32 Å². The molecule has 0 saturated carbocycles. The van der Waals surface area contributed by atoms with E-state index in [1.54, 1.807) is 12.1 Å². The number of phenols is 1. The molecule has 0 aromatic heterocycles. The van der Waals surface area contributed by atoms with E-state index in [9.17, 15) is 5.11 Å². The van der Waals surface area contributed by atoms with E-state index in [0.717, 1.165) is 16.8 Å². The summed E-state index contributed by atoms with van der Waals surface area (Å²) in [7, 11) is 0. The maximum absolute atomic E-state index is 9.17. The fraction of sp³-hybridized carbons (Fsp3) is 0.0667. The molecule has 0 heterocycles. The van der Waals surface area contributed by atoms with Crippen molar-refractivity contribution in [1.29, 1.82) is 0 Å². The van der Waals surface area contributed by atoms with Crippen molar-refractivity contribution in [2.45, 2.75) is 0 Å². The quantitative estimate of drug-likeness (QED) is 0.570. The van der Waals surface area contributed by atoms with E-state index in [-0.39, 0.29) is 12.5 Å². The van der Waals surface area contributed by atoms with Crippen molar-refractivity contribution < 1.29 is 10.2 Å². The Labute approximate surface area is 106 Å². The monoisotopic (exact) mass is 241 g/mol. The summed E-state index contributed by atoms with van der Waals surface area (Å²) in [6, 6.07) is 14.8. The lowest BCUT2D eigenvalue weighted by atomic mass is 10.1. The molecule has 18 heavy (non-hydrogen) atoms. The van der Waals surface area contributed by atoms with Crippen LogP contribution in [0.15, 0.2) is 48.5 Å². The number of aliphatic hydroxyl groups is 1. The molecule has 0 aliphatic heterocycles. The number of phenolic OH excluding ortho intramolecular Hbond substituents is 1. The molecule has 2 rings (SSSR count). The third-order valence-corrected chi connectivity index (χ3v) is 2.56. The molecule has 2 aromatic rings. The number of aliphatic hydroxyl groups excluding tert-OH is 1. The van der Waals surface area contributed by atoms with Crippen LogP contribution in [-0.4, -0.2) is 16.9 Å². The van der Waals surface area contributed by atoms with Crippen LogP contribution in [0.4, 0.5) is 5.69 Å². The number of benzene rings is 2. The Morgan fingerprint density at radius 1 is 0.833 bits per heavy atom. The first kappa shape index (κ1) is 12.2. The normalized spacial score (nSPS) is 10.7. The first-order valence-electron chi connectivity index (χ1n) is 5.70. The Hall–Kier alpha value is -2.26. The van der Waals surface area contributed by atoms with Gasteiger partial charge >= 0.3 is 0 Å². The van der Waals surface area contributed by atoms with Crippen LogP contribution < -0.4 is 5.32 Å². The Bertz CT molecular complexity index is 515. The van der Waals surface area contributed by atoms with Crippen molar-refractivity contribution >= 4 is 17.8 Å². The molecule has 0 aliphatic rings. The van der Waals surface area contributed by atoms with Crippen molar-refractivity contribution in [1.82, 2.24) is 0 Å². The molecule has 0 unspecified atom stereocenters. The van der Waals surface area contributed by atoms with Crippen molar-refractivity contribution in [3.63, 3.8) is 0 Å². The zero-order valence-electron chi connectivity index (χ0n) is 9.88. The molecule has 2 aromatic carbocycles. The molecule has 0 spiro atoms. The lowest BCUT2D eigenvalue weighted by molar-refractivity contribution is 0.325. The molecule has 0 amide bonds. The van der Waals surface area contributed by atoms with Gasteiger partial charge in [-0.2, -0.15) is 0 Å². The minimum atomic E-state index is -0.0668. The highest BCUT2D eigenvalue weighted by molar-refractivity contribution is 5.70. The molecule has 0 aliphatic carbocycles. The number of anilines is 1. The smallest absolute Gasteiger partial charge is 0.115 e. The van der Waals surface area contributed by atoms with Gasteiger partial charge in [0.05, 0.1) is 0 Å². The fourth-order valence-electron chi connectivity index (χ4n) is 1.58. The standard InChI is InChI=1S/C15H15NO2/c17-11-16-14-7-3-12(4-8-14)1-2-13-5-9-15(18)10-6-13/h1-10,16-18H,11H2/b2-1+. The number of hydrogen-bond acceptors (Lipinski definition) is 3. The molecule has 3 heteroatoms. The number of nitrogens with one attached hydrogen (secondary N) is 1. The highest BCUT2D eigenvalue weighted by atomic mass is 16.3. The number of rotatable bonds is 4. The third-order valence-electron chi connectivity index (χ3n) is 2.56. The van der Waals surface area contributed by atoms with Gasteiger partial charge in [0.1, 0.15) is 12.5 Å². The second-order valence-electron chi connectivity index (χ2n) is 3.88. The molecule has 0 fully saturated rings. The van der Waals surface area contributed by atoms with Crippen molar-refractivity contribution in [2.75, 3.05) is 12.0 Å². The van der Waals surface area contributed by atoms with Crippen LogP contribution >= 0.6 is 0 Å². The lowest BCUT2D eigenvalue weighted by Gasteiger charge is -2.02. The highest BCUT2D eigenvalue weighted by Crippen LogP contribution is 2.14. The van der Waals surface area contributed by atoms with E-state index >= 15 is 0 Å². The van der Waals surface area contributed by atoms with Gasteiger partial charge < -0.3 is 15.5 Å². The number of aromatic hydroxyl groups is 1. The topological polar surface area (TPSA) is 52.5 Å². The second kappa shape index (κ2) is 5.89. The average Bonchev–Trinajstić information content (AvgIpc) is 2.40. The molecular formula is C15H15NO2. The van der Waals surface area contributed by atoms with E-state index < -0.39 is 0 Å². The summed E-state index contributed by atoms with van der Waals surface area (Å²) >= 11 is 0. The molecule has 0 bridgehead atoms. The summed E-state index contributed by atoms with van der Waals surface area (Å²) in [5.74, 6) is 0.270. The molecule has 0 atom stereocenters. The largest absolute Gasteiger partial charge is 0.508 e. The Morgan fingerprint density at radius 2 is 1.33 bits per heavy atom. The van der Waals surface area contributed by atoms with Gasteiger partial charge in [0.15, 0.2) is 0 Å². The van der Waals surface area contributed by atoms with E-state index in [1.165, 1.54) is 0 Å². The van der Waals surface area contributed by atoms with Gasteiger partial charge in [-0.3, -0.25) is 0 Å². The van der Waals surface area contributed by atoms with Crippen molar-refractivity contribution in [2.24, 2.45) is 0 Å². The molecule has 92 valence electrons. The molecular weight excluding hydrogens is 226 g/mol. The zero-order chi connectivity index (χ0) is 12.8. The SMILES string of the molecule is OCNc1ccc(/C=C/c2ccc(O)cc2)cc1. The van der Waals surface area contributed by atoms with Crippen LogP contribution in [0.1, 0.15) is 11.1 Å². The number of hydrogen-bond donors (Lipinski definition) is 3. The Kier molecular flexibility index (Phi) is 3.99. The summed E-state index contributed by atoms with van der Waals surface area (Å²) in [6.07, 6.45) is 3.98. The van der Waals surface area contributed by atoms with Gasteiger partial charge in [0, 0.05) is 5.69 Å². The van der Waals surface area contributed by atoms with Crippen molar-refractivity contribution in [3.8, 4) is 5.75 Å². The van der Waals surface area contributed by atoms with Gasteiger partial charge in [-0.05, 0) is 35.4 Å². The van der Waals surface area contributed by atoms with Crippen LogP contribution in [0.2, 0.25) is 0 Å². The predicted molar refractivity (Wildman–Crippen MR) is 74.2 cm³/mol. The third kappa shape index (κ3) is 3.37. The van der Waals surface area contributed by atoms with E-state index in [1.807, 2.05) is 48.6 Å². The summed E-state index contributed by atoms with van der Waals surface area (Å²) in [5, 5.41) is 20.7. The van der Waals surface area contributed by atoms with E-state index in [0.29, 0.717) is 0 Å². The second-order valence-corrected chi connectivity index (χ2v) is 3.88. The van der Waals surface area contributed by atoms with Crippen molar-refractivity contribution in [3.05, 3.63) is 59.7 Å². The van der Waals surface area contributed by atoms with Crippen LogP contribution in [-0.2, 0) is 0 Å². The summed E-state index contributed by atoms with van der Waals surface area (Å²) < 4.78 is 0. The summed E-state index contributed by atoms with van der Waals surface area (Å²) in [4.78, 5) is 0. The van der Waals surface area contributed by atoms with Crippen LogP contribution in [0, 0.1) is 0 Å². The minimum absolute atomic E-state index is 0.0668. The zero-order valence-corrected chi connectivity index (χ0v) is 9.88. The predicted octanol–water partition coefficient (Wildman–Crippen LogP) is 2.92. The average molecular weight is 241 g/mol. The molecule has 0 saturated heterocycles. The summed E-state index contributed by atoms with van der Waals surface area (Å²) in [5.41, 5.74) is 3.00. The van der Waals surface area contributed by atoms with Crippen LogP contribution in [0.3, 0.4) is 0 Å². The Balaban J connectivity index is 2.06. The lowest BCUT2D eigenvalue weighted by Crippen LogP contribution is -1.98. The van der Waals surface area contributed by atoms with Gasteiger partial charge in [0.25, 0.3) is 0 Å². The minimum Gasteiger partial charge on any atom is -0.508 e. The highest BCUT2D eigenvalue weighted by Gasteiger charge is 1.91. The maximum atomic E-state index is 9.17. The molecule has 3 nitrogen and oxygen atoms in total. The first-order chi connectivity index (χ1) is 8.78. The Morgan fingerprint density at radius 3 is 1.83 bits per heavy atom. The van der Waals surface area contributed by atoms with Crippen LogP contribution in [0.5, 0.6) is 5.75 Å². The van der Waals surface area contributed by atoms with Gasteiger partial charge in [-0.15, -0.1) is 0 Å². The summed E-state index contributed by atoms with van der Waals surface area (Å²) in [6.45, 7) is -0.0668. The van der Waals surface area contributed by atoms with Gasteiger partial charge in [-0.1, -0.05) is 36.4 Å². The fourth-order valence-corrected chi connectivity index (χ4v) is 1.58. The maximum Gasteiger partial charge on any atom is 0.115 e. The molecule has 3 N–H and O–H groups in total. The molecule has 0 radical (unpaired) electrons.